The molecule has 48 valence electrons. The SMILES string of the molecule is [SiH3]CCC1CCOC1. The summed E-state index contributed by atoms with van der Waals surface area (Å²) >= 11 is 0. The molecule has 1 heterocycles. The fourth-order valence-electron chi connectivity index (χ4n) is 1.22. The molecular formula is C6H14OSi. The first-order chi connectivity index (χ1) is 3.93. The number of ether oxygens (including phenoxy) is 1. The summed E-state index contributed by atoms with van der Waals surface area (Å²) in [6.07, 6.45) is 2.74. The zero-order valence-corrected chi connectivity index (χ0v) is 7.52. The van der Waals surface area contributed by atoms with Gasteiger partial charge in [-0.1, -0.05) is 12.5 Å². The topological polar surface area (TPSA) is 9.23 Å². The van der Waals surface area contributed by atoms with Gasteiger partial charge in [0.15, 0.2) is 0 Å². The molecule has 1 fully saturated rings. The van der Waals surface area contributed by atoms with E-state index >= 15 is 0 Å². The summed E-state index contributed by atoms with van der Waals surface area (Å²) in [6, 6.07) is 1.45. The molecule has 1 rings (SSSR count). The second-order valence-electron chi connectivity index (χ2n) is 2.52. The zero-order valence-electron chi connectivity index (χ0n) is 5.52. The maximum Gasteiger partial charge on any atom is 0.0495 e. The Morgan fingerprint density at radius 2 is 2.50 bits per heavy atom. The molecule has 1 unspecified atom stereocenters. The van der Waals surface area contributed by atoms with Gasteiger partial charge in [0.05, 0.1) is 0 Å². The molecule has 0 aromatic carbocycles. The van der Waals surface area contributed by atoms with Crippen LogP contribution in [0, 0.1) is 5.92 Å². The van der Waals surface area contributed by atoms with Gasteiger partial charge in [0.25, 0.3) is 0 Å². The van der Waals surface area contributed by atoms with E-state index in [1.807, 2.05) is 0 Å². The van der Waals surface area contributed by atoms with Crippen LogP contribution in [-0.4, -0.2) is 23.5 Å². The van der Waals surface area contributed by atoms with Crippen LogP contribution in [0.3, 0.4) is 0 Å². The third-order valence-electron chi connectivity index (χ3n) is 1.72. The molecule has 0 saturated carbocycles. The van der Waals surface area contributed by atoms with E-state index in [0.29, 0.717) is 0 Å². The van der Waals surface area contributed by atoms with E-state index in [-0.39, 0.29) is 0 Å². The molecule has 2 heteroatoms. The van der Waals surface area contributed by atoms with Gasteiger partial charge in [0, 0.05) is 23.5 Å². The van der Waals surface area contributed by atoms with Crippen molar-refractivity contribution in [1.82, 2.24) is 0 Å². The first-order valence-corrected chi connectivity index (χ1v) is 4.92. The molecular weight excluding hydrogens is 116 g/mol. The standard InChI is InChI=1S/C6H14OSi/c8-4-2-6-1-3-7-5-6/h6H,1-5H2,8H3. The van der Waals surface area contributed by atoms with Gasteiger partial charge < -0.3 is 4.74 Å². The Morgan fingerprint density at radius 3 is 3.00 bits per heavy atom. The molecule has 1 aliphatic heterocycles. The predicted octanol–water partition coefficient (Wildman–Crippen LogP) is 0.197. The third kappa shape index (κ3) is 1.60. The molecule has 8 heavy (non-hydrogen) atoms. The van der Waals surface area contributed by atoms with Gasteiger partial charge in [-0.15, -0.1) is 0 Å². The van der Waals surface area contributed by atoms with Crippen LogP contribution in [0.4, 0.5) is 0 Å². The molecule has 0 spiro atoms. The maximum absolute atomic E-state index is 5.23. The van der Waals surface area contributed by atoms with Crippen LogP contribution in [-0.2, 0) is 4.74 Å². The van der Waals surface area contributed by atoms with Gasteiger partial charge in [-0.25, -0.2) is 0 Å². The lowest BCUT2D eigenvalue weighted by Crippen LogP contribution is -1.97. The molecule has 0 aromatic rings. The molecule has 1 aliphatic rings. The van der Waals surface area contributed by atoms with Crippen molar-refractivity contribution in [2.45, 2.75) is 18.9 Å². The molecule has 0 radical (unpaired) electrons. The van der Waals surface area contributed by atoms with Crippen LogP contribution in [0.1, 0.15) is 12.8 Å². The summed E-state index contributed by atoms with van der Waals surface area (Å²) < 4.78 is 5.23. The summed E-state index contributed by atoms with van der Waals surface area (Å²) in [7, 11) is 1.37. The van der Waals surface area contributed by atoms with Gasteiger partial charge in [-0.3, -0.25) is 0 Å². The maximum atomic E-state index is 5.23. The normalized spacial score (nSPS) is 29.2. The Kier molecular flexibility index (Phi) is 2.56. The van der Waals surface area contributed by atoms with Crippen LogP contribution in [0.5, 0.6) is 0 Å². The zero-order chi connectivity index (χ0) is 5.82. The van der Waals surface area contributed by atoms with Gasteiger partial charge in [-0.05, 0) is 12.3 Å². The van der Waals surface area contributed by atoms with E-state index in [0.717, 1.165) is 19.1 Å². The second kappa shape index (κ2) is 3.25. The van der Waals surface area contributed by atoms with Crippen molar-refractivity contribution >= 4 is 10.2 Å². The lowest BCUT2D eigenvalue weighted by Gasteiger charge is -2.01. The molecule has 1 nitrogen and oxygen atoms in total. The first-order valence-electron chi connectivity index (χ1n) is 3.51. The Hall–Kier alpha value is 0.177. The Morgan fingerprint density at radius 1 is 1.62 bits per heavy atom. The average Bonchev–Trinajstić information content (AvgIpc) is 2.19. The predicted molar refractivity (Wildman–Crippen MR) is 38.3 cm³/mol. The summed E-state index contributed by atoms with van der Waals surface area (Å²) in [6.45, 7) is 2.06. The van der Waals surface area contributed by atoms with Crippen molar-refractivity contribution in [3.63, 3.8) is 0 Å². The minimum absolute atomic E-state index is 0.924. The highest BCUT2D eigenvalue weighted by Gasteiger charge is 2.13. The molecule has 1 saturated heterocycles. The van der Waals surface area contributed by atoms with Gasteiger partial charge in [-0.2, -0.15) is 0 Å². The summed E-state index contributed by atoms with van der Waals surface area (Å²) in [4.78, 5) is 0. The largest absolute Gasteiger partial charge is 0.381 e. The lowest BCUT2D eigenvalue weighted by atomic mass is 10.1. The molecule has 1 atom stereocenters. The first kappa shape index (κ1) is 6.30. The van der Waals surface area contributed by atoms with Gasteiger partial charge >= 0.3 is 0 Å². The highest BCUT2D eigenvalue weighted by atomic mass is 28.1. The Bertz CT molecular complexity index is 59.5. The second-order valence-corrected chi connectivity index (χ2v) is 3.52. The Labute approximate surface area is 53.8 Å². The van der Waals surface area contributed by atoms with Crippen LogP contribution in [0.25, 0.3) is 0 Å². The van der Waals surface area contributed by atoms with Crippen LogP contribution in [0.2, 0.25) is 6.04 Å². The minimum Gasteiger partial charge on any atom is -0.381 e. The van der Waals surface area contributed by atoms with Crippen molar-refractivity contribution < 1.29 is 4.74 Å². The summed E-state index contributed by atoms with van der Waals surface area (Å²) in [5, 5.41) is 0. The Balaban J connectivity index is 2.06. The molecule has 0 aromatic heterocycles. The number of rotatable bonds is 2. The molecule has 0 amide bonds. The van der Waals surface area contributed by atoms with Crippen molar-refractivity contribution in [2.75, 3.05) is 13.2 Å². The van der Waals surface area contributed by atoms with Crippen LogP contribution < -0.4 is 0 Å². The monoisotopic (exact) mass is 130 g/mol. The van der Waals surface area contributed by atoms with Crippen LogP contribution in [0.15, 0.2) is 0 Å². The highest BCUT2D eigenvalue weighted by molar-refractivity contribution is 6.08. The van der Waals surface area contributed by atoms with Crippen molar-refractivity contribution in [1.29, 1.82) is 0 Å². The van der Waals surface area contributed by atoms with Crippen LogP contribution >= 0.6 is 0 Å². The molecule has 0 bridgehead atoms. The van der Waals surface area contributed by atoms with E-state index in [1.54, 1.807) is 0 Å². The number of hydrogen-bond donors (Lipinski definition) is 0. The smallest absolute Gasteiger partial charge is 0.0495 e. The highest BCUT2D eigenvalue weighted by Crippen LogP contribution is 2.16. The van der Waals surface area contributed by atoms with Gasteiger partial charge in [0.1, 0.15) is 0 Å². The average molecular weight is 130 g/mol. The third-order valence-corrected chi connectivity index (χ3v) is 2.30. The number of hydrogen-bond acceptors (Lipinski definition) is 1. The van der Waals surface area contributed by atoms with Crippen molar-refractivity contribution in [2.24, 2.45) is 5.92 Å². The van der Waals surface area contributed by atoms with Gasteiger partial charge in [0.2, 0.25) is 0 Å². The fraction of sp³-hybridized carbons (Fsp3) is 1.00. The van der Waals surface area contributed by atoms with E-state index in [9.17, 15) is 0 Å². The molecule has 0 aliphatic carbocycles. The lowest BCUT2D eigenvalue weighted by molar-refractivity contribution is 0.185. The summed E-state index contributed by atoms with van der Waals surface area (Å²) in [5.41, 5.74) is 0. The van der Waals surface area contributed by atoms with E-state index in [4.69, 9.17) is 4.74 Å². The minimum atomic E-state index is 0.924. The van der Waals surface area contributed by atoms with E-state index in [1.165, 1.54) is 29.1 Å². The quantitative estimate of drug-likeness (QED) is 0.485. The summed E-state index contributed by atoms with van der Waals surface area (Å²) in [5.74, 6) is 0.924. The molecule has 0 N–H and O–H groups in total. The van der Waals surface area contributed by atoms with Crippen molar-refractivity contribution in [3.8, 4) is 0 Å². The fourth-order valence-corrected chi connectivity index (χ4v) is 2.04. The van der Waals surface area contributed by atoms with E-state index < -0.39 is 0 Å². The van der Waals surface area contributed by atoms with Crippen molar-refractivity contribution in [3.05, 3.63) is 0 Å². The van der Waals surface area contributed by atoms with E-state index in [2.05, 4.69) is 0 Å².